The Kier molecular flexibility index (Phi) is 4.92. The monoisotopic (exact) mass is 410 g/mol. The third kappa shape index (κ3) is 3.40. The van der Waals surface area contributed by atoms with Gasteiger partial charge in [0.25, 0.3) is 15.9 Å². The number of aromatic nitrogens is 3. The van der Waals surface area contributed by atoms with Gasteiger partial charge in [0.1, 0.15) is 10.6 Å². The zero-order chi connectivity index (χ0) is 19.9. The number of sulfonamides is 1. The summed E-state index contributed by atoms with van der Waals surface area (Å²) in [5, 5.41) is 8.18. The fraction of sp³-hybridized carbons (Fsp3) is 0.294. The molecule has 0 unspecified atom stereocenters. The number of nitrogens with zero attached hydrogens (tertiary/aromatic N) is 3. The van der Waals surface area contributed by atoms with Gasteiger partial charge in [0.2, 0.25) is 5.89 Å². The second kappa shape index (κ2) is 6.90. The first-order chi connectivity index (χ1) is 12.7. The van der Waals surface area contributed by atoms with Crippen molar-refractivity contribution in [3.63, 3.8) is 0 Å². The third-order valence-electron chi connectivity index (χ3n) is 4.34. The molecule has 3 rings (SSSR count). The molecule has 10 heteroatoms. The number of nitrogens with one attached hydrogen (secondary N) is 1. The molecule has 0 amide bonds. The highest BCUT2D eigenvalue weighted by molar-refractivity contribution is 7.93. The Hall–Kier alpha value is -2.52. The lowest BCUT2D eigenvalue weighted by atomic mass is 10.2. The smallest absolute Gasteiger partial charge is 0.264 e. The summed E-state index contributed by atoms with van der Waals surface area (Å²) >= 11 is 6.01. The van der Waals surface area contributed by atoms with Gasteiger partial charge in [0.15, 0.2) is 0 Å². The molecule has 1 N–H and O–H groups in total. The van der Waals surface area contributed by atoms with E-state index in [-0.39, 0.29) is 16.5 Å². The van der Waals surface area contributed by atoms with Crippen molar-refractivity contribution in [1.82, 2.24) is 14.8 Å². The summed E-state index contributed by atoms with van der Waals surface area (Å²) in [6.07, 6.45) is 0. The SMILES string of the molecule is COc1ccc(Cl)cc1NS(=O)(=O)c1c(-c2nnc(C)o2)c(C)n(C)c1C. The Bertz CT molecular complexity index is 1120. The molecule has 0 fully saturated rings. The van der Waals surface area contributed by atoms with Crippen LogP contribution in [0.1, 0.15) is 17.3 Å². The zero-order valence-corrected chi connectivity index (χ0v) is 17.1. The Labute approximate surface area is 162 Å². The zero-order valence-electron chi connectivity index (χ0n) is 15.5. The number of benzene rings is 1. The summed E-state index contributed by atoms with van der Waals surface area (Å²) in [5.41, 5.74) is 1.82. The molecule has 27 heavy (non-hydrogen) atoms. The van der Waals surface area contributed by atoms with Gasteiger partial charge in [-0.15, -0.1) is 10.2 Å². The van der Waals surface area contributed by atoms with Crippen LogP contribution in [0.5, 0.6) is 5.75 Å². The van der Waals surface area contributed by atoms with E-state index in [1.807, 2.05) is 0 Å². The van der Waals surface area contributed by atoms with Crippen LogP contribution in [0.4, 0.5) is 5.69 Å². The summed E-state index contributed by atoms with van der Waals surface area (Å²) in [5.74, 6) is 0.842. The summed E-state index contributed by atoms with van der Waals surface area (Å²) in [6.45, 7) is 5.15. The molecule has 1 aromatic carbocycles. The van der Waals surface area contributed by atoms with E-state index in [0.29, 0.717) is 33.6 Å². The Morgan fingerprint density at radius 2 is 1.89 bits per heavy atom. The first-order valence-corrected chi connectivity index (χ1v) is 9.84. The van der Waals surface area contributed by atoms with E-state index >= 15 is 0 Å². The normalized spacial score (nSPS) is 11.6. The van der Waals surface area contributed by atoms with Crippen LogP contribution in [-0.4, -0.2) is 30.3 Å². The van der Waals surface area contributed by atoms with Crippen LogP contribution < -0.4 is 9.46 Å². The van der Waals surface area contributed by atoms with Gasteiger partial charge in [-0.05, 0) is 32.0 Å². The second-order valence-electron chi connectivity index (χ2n) is 6.01. The van der Waals surface area contributed by atoms with Crippen molar-refractivity contribution >= 4 is 27.3 Å². The number of aryl methyl sites for hydroxylation is 1. The van der Waals surface area contributed by atoms with Crippen molar-refractivity contribution in [3.8, 4) is 17.2 Å². The summed E-state index contributed by atoms with van der Waals surface area (Å²) < 4.78 is 41.5. The van der Waals surface area contributed by atoms with Crippen LogP contribution in [0.25, 0.3) is 11.5 Å². The molecule has 0 bridgehead atoms. The highest BCUT2D eigenvalue weighted by Gasteiger charge is 2.31. The third-order valence-corrected chi connectivity index (χ3v) is 6.10. The molecule has 3 aromatic rings. The van der Waals surface area contributed by atoms with Gasteiger partial charge in [0, 0.05) is 30.4 Å². The Morgan fingerprint density at radius 3 is 2.48 bits per heavy atom. The van der Waals surface area contributed by atoms with Crippen molar-refractivity contribution in [2.75, 3.05) is 11.8 Å². The topological polar surface area (TPSA) is 99.2 Å². The van der Waals surface area contributed by atoms with Crippen molar-refractivity contribution in [2.45, 2.75) is 25.7 Å². The predicted molar refractivity (Wildman–Crippen MR) is 102 cm³/mol. The van der Waals surface area contributed by atoms with Gasteiger partial charge in [0.05, 0.1) is 18.4 Å². The van der Waals surface area contributed by atoms with Gasteiger partial charge >= 0.3 is 0 Å². The maximum Gasteiger partial charge on any atom is 0.264 e. The van der Waals surface area contributed by atoms with E-state index in [1.165, 1.54) is 13.2 Å². The number of ether oxygens (including phenoxy) is 1. The van der Waals surface area contributed by atoms with Gasteiger partial charge in [-0.2, -0.15) is 0 Å². The van der Waals surface area contributed by atoms with E-state index in [1.54, 1.807) is 44.5 Å². The molecule has 8 nitrogen and oxygen atoms in total. The Morgan fingerprint density at radius 1 is 1.19 bits per heavy atom. The van der Waals surface area contributed by atoms with Crippen molar-refractivity contribution in [3.05, 3.63) is 40.5 Å². The summed E-state index contributed by atoms with van der Waals surface area (Å²) in [4.78, 5) is 0.0631. The molecule has 144 valence electrons. The highest BCUT2D eigenvalue weighted by Crippen LogP contribution is 2.37. The maximum atomic E-state index is 13.3. The first-order valence-electron chi connectivity index (χ1n) is 7.98. The fourth-order valence-corrected chi connectivity index (χ4v) is 4.60. The highest BCUT2D eigenvalue weighted by atomic mass is 35.5. The minimum Gasteiger partial charge on any atom is -0.495 e. The average Bonchev–Trinajstić information content (AvgIpc) is 3.11. The minimum atomic E-state index is -4.00. The number of hydrogen-bond acceptors (Lipinski definition) is 6. The van der Waals surface area contributed by atoms with Crippen LogP contribution >= 0.6 is 11.6 Å². The van der Waals surface area contributed by atoms with Gasteiger partial charge in [-0.3, -0.25) is 4.72 Å². The molecule has 0 aliphatic carbocycles. The molecule has 0 saturated carbocycles. The first kappa shape index (κ1) is 19.2. The van der Waals surface area contributed by atoms with Crippen molar-refractivity contribution in [1.29, 1.82) is 0 Å². The summed E-state index contributed by atoms with van der Waals surface area (Å²) in [6, 6.07) is 4.69. The lowest BCUT2D eigenvalue weighted by Crippen LogP contribution is -2.15. The lowest BCUT2D eigenvalue weighted by Gasteiger charge is -2.13. The average molecular weight is 411 g/mol. The van der Waals surface area contributed by atoms with Crippen LogP contribution in [0.2, 0.25) is 5.02 Å². The summed E-state index contributed by atoms with van der Waals surface area (Å²) in [7, 11) is -0.778. The van der Waals surface area contributed by atoms with Crippen molar-refractivity contribution < 1.29 is 17.6 Å². The Balaban J connectivity index is 2.19. The molecule has 2 aromatic heterocycles. The van der Waals surface area contributed by atoms with Crippen LogP contribution in [0.15, 0.2) is 27.5 Å². The molecule has 2 heterocycles. The van der Waals surface area contributed by atoms with Crippen molar-refractivity contribution in [2.24, 2.45) is 7.05 Å². The van der Waals surface area contributed by atoms with Gasteiger partial charge in [-0.1, -0.05) is 11.6 Å². The van der Waals surface area contributed by atoms with Crippen LogP contribution in [0, 0.1) is 20.8 Å². The molecular formula is C17H19ClN4O4S. The molecule has 0 radical (unpaired) electrons. The van der Waals surface area contributed by atoms with Gasteiger partial charge in [-0.25, -0.2) is 8.42 Å². The molecule has 0 saturated heterocycles. The number of anilines is 1. The molecule has 0 atom stereocenters. The van der Waals surface area contributed by atoms with E-state index in [9.17, 15) is 8.42 Å². The van der Waals surface area contributed by atoms with Crippen LogP contribution in [0.3, 0.4) is 0 Å². The standard InChI is InChI=1S/C17H19ClN4O4S/c1-9-15(17-20-19-11(3)26-17)16(10(2)22(9)4)27(23,24)21-13-8-12(18)6-7-14(13)25-5/h6-8,21H,1-5H3. The van der Waals surface area contributed by atoms with E-state index in [4.69, 9.17) is 20.8 Å². The van der Waals surface area contributed by atoms with E-state index in [0.717, 1.165) is 0 Å². The minimum absolute atomic E-state index is 0.0631. The quantitative estimate of drug-likeness (QED) is 0.691. The molecular weight excluding hydrogens is 392 g/mol. The van der Waals surface area contributed by atoms with E-state index < -0.39 is 10.0 Å². The largest absolute Gasteiger partial charge is 0.495 e. The lowest BCUT2D eigenvalue weighted by molar-refractivity contribution is 0.417. The fourth-order valence-electron chi connectivity index (χ4n) is 2.85. The molecule has 0 spiro atoms. The number of halogens is 1. The maximum absolute atomic E-state index is 13.3. The predicted octanol–water partition coefficient (Wildman–Crippen LogP) is 3.46. The second-order valence-corrected chi connectivity index (χ2v) is 8.07. The van der Waals surface area contributed by atoms with Crippen LogP contribution in [-0.2, 0) is 17.1 Å². The van der Waals surface area contributed by atoms with Gasteiger partial charge < -0.3 is 13.7 Å². The number of rotatable bonds is 5. The number of methoxy groups -OCH3 is 1. The van der Waals surface area contributed by atoms with E-state index in [2.05, 4.69) is 14.9 Å². The number of hydrogen-bond donors (Lipinski definition) is 1. The molecule has 0 aliphatic heterocycles. The molecule has 0 aliphatic rings.